The minimum Gasteiger partial charge on any atom is -0.377 e. The fraction of sp³-hybridized carbons (Fsp3) is 0.538. The molecule has 0 atom stereocenters. The van der Waals surface area contributed by atoms with Crippen molar-refractivity contribution in [3.63, 3.8) is 0 Å². The van der Waals surface area contributed by atoms with Crippen molar-refractivity contribution >= 4 is 0 Å². The van der Waals surface area contributed by atoms with Crippen LogP contribution in [0.15, 0.2) is 60.7 Å². The molecule has 0 radical (unpaired) electrons. The van der Waals surface area contributed by atoms with Crippen molar-refractivity contribution in [2.75, 3.05) is 72.7 Å². The Bertz CT molecular complexity index is 647. The fourth-order valence-electron chi connectivity index (χ4n) is 3.70. The molecule has 0 aromatic heterocycles. The summed E-state index contributed by atoms with van der Waals surface area (Å²) < 4.78 is 35.0. The van der Waals surface area contributed by atoms with E-state index in [4.69, 9.17) is 28.4 Å². The monoisotopic (exact) mass is 444 g/mol. The van der Waals surface area contributed by atoms with E-state index in [0.29, 0.717) is 72.7 Å². The zero-order valence-electron chi connectivity index (χ0n) is 18.9. The lowest BCUT2D eigenvalue weighted by molar-refractivity contribution is -0.118. The topological polar surface area (TPSA) is 55.4 Å². The van der Waals surface area contributed by atoms with Gasteiger partial charge in [-0.1, -0.05) is 60.7 Å². The number of hydrogen-bond acceptors (Lipinski definition) is 6. The predicted octanol–water partition coefficient (Wildman–Crippen LogP) is 3.32. The average Bonchev–Trinajstić information content (AvgIpc) is 2.82. The van der Waals surface area contributed by atoms with E-state index < -0.39 is 5.60 Å². The van der Waals surface area contributed by atoms with Gasteiger partial charge in [0.05, 0.1) is 78.3 Å². The van der Waals surface area contributed by atoms with Crippen molar-refractivity contribution < 1.29 is 28.4 Å². The van der Waals surface area contributed by atoms with Gasteiger partial charge in [0.15, 0.2) is 0 Å². The Morgan fingerprint density at radius 1 is 0.469 bits per heavy atom. The second-order valence-electron chi connectivity index (χ2n) is 7.86. The third-order valence-corrected chi connectivity index (χ3v) is 5.23. The fourth-order valence-corrected chi connectivity index (χ4v) is 3.70. The van der Waals surface area contributed by atoms with Gasteiger partial charge < -0.3 is 28.4 Å². The van der Waals surface area contributed by atoms with Crippen LogP contribution in [0.2, 0.25) is 0 Å². The Hall–Kier alpha value is -1.80. The van der Waals surface area contributed by atoms with Gasteiger partial charge in [-0.25, -0.2) is 0 Å². The maximum absolute atomic E-state index is 6.53. The molecule has 2 aromatic carbocycles. The summed E-state index contributed by atoms with van der Waals surface area (Å²) in [4.78, 5) is 0. The van der Waals surface area contributed by atoms with Gasteiger partial charge >= 0.3 is 0 Å². The van der Waals surface area contributed by atoms with Gasteiger partial charge in [0.2, 0.25) is 0 Å². The lowest BCUT2D eigenvalue weighted by Crippen LogP contribution is -2.44. The Labute approximate surface area is 191 Å². The lowest BCUT2D eigenvalue weighted by Gasteiger charge is -2.34. The third kappa shape index (κ3) is 9.77. The highest BCUT2D eigenvalue weighted by Crippen LogP contribution is 2.24. The molecule has 0 saturated carbocycles. The van der Waals surface area contributed by atoms with Crippen LogP contribution in [0.1, 0.15) is 11.1 Å². The number of benzene rings is 2. The second-order valence-corrected chi connectivity index (χ2v) is 7.86. The molecule has 0 spiro atoms. The number of ether oxygens (including phenoxy) is 6. The Morgan fingerprint density at radius 3 is 1.28 bits per heavy atom. The van der Waals surface area contributed by atoms with E-state index in [9.17, 15) is 0 Å². The van der Waals surface area contributed by atoms with E-state index in [-0.39, 0.29) is 0 Å². The highest BCUT2D eigenvalue weighted by Gasteiger charge is 2.32. The molecule has 1 aliphatic rings. The predicted molar refractivity (Wildman–Crippen MR) is 123 cm³/mol. The van der Waals surface area contributed by atoms with Crippen LogP contribution in [0.4, 0.5) is 0 Å². The van der Waals surface area contributed by atoms with E-state index in [0.717, 1.165) is 12.8 Å². The zero-order valence-corrected chi connectivity index (χ0v) is 18.9. The van der Waals surface area contributed by atoms with Crippen LogP contribution in [0.3, 0.4) is 0 Å². The van der Waals surface area contributed by atoms with Crippen molar-refractivity contribution in [3.05, 3.63) is 71.8 Å². The molecule has 0 bridgehead atoms. The molecule has 32 heavy (non-hydrogen) atoms. The van der Waals surface area contributed by atoms with Gasteiger partial charge in [0.25, 0.3) is 0 Å². The highest BCUT2D eigenvalue weighted by atomic mass is 16.6. The first-order valence-electron chi connectivity index (χ1n) is 11.5. The number of rotatable bonds is 4. The van der Waals surface area contributed by atoms with E-state index in [2.05, 4.69) is 48.5 Å². The Balaban J connectivity index is 1.69. The molecule has 1 heterocycles. The summed E-state index contributed by atoms with van der Waals surface area (Å²) in [5.41, 5.74) is 1.94. The average molecular weight is 445 g/mol. The summed E-state index contributed by atoms with van der Waals surface area (Å²) in [6.45, 7) is 5.79. The maximum Gasteiger partial charge on any atom is 0.0996 e. The summed E-state index contributed by atoms with van der Waals surface area (Å²) in [7, 11) is 0. The van der Waals surface area contributed by atoms with Crippen molar-refractivity contribution in [1.82, 2.24) is 0 Å². The summed E-state index contributed by atoms with van der Waals surface area (Å²) in [6.07, 6.45) is 1.50. The van der Waals surface area contributed by atoms with Crippen LogP contribution in [0, 0.1) is 0 Å². The minimum absolute atomic E-state index is 0.472. The first-order chi connectivity index (χ1) is 15.9. The normalized spacial score (nSPS) is 20.1. The molecular formula is C26H36O6. The molecule has 1 fully saturated rings. The van der Waals surface area contributed by atoms with Crippen molar-refractivity contribution in [1.29, 1.82) is 0 Å². The Kier molecular flexibility index (Phi) is 11.7. The van der Waals surface area contributed by atoms with Gasteiger partial charge in [0.1, 0.15) is 0 Å². The zero-order chi connectivity index (χ0) is 22.2. The van der Waals surface area contributed by atoms with Crippen LogP contribution in [0.25, 0.3) is 0 Å². The summed E-state index contributed by atoms with van der Waals surface area (Å²) in [5.74, 6) is 0. The van der Waals surface area contributed by atoms with Crippen molar-refractivity contribution in [3.8, 4) is 0 Å². The van der Waals surface area contributed by atoms with Gasteiger partial charge in [0, 0.05) is 12.8 Å². The summed E-state index contributed by atoms with van der Waals surface area (Å²) >= 11 is 0. The molecule has 1 saturated heterocycles. The molecule has 6 heteroatoms. The Morgan fingerprint density at radius 2 is 0.844 bits per heavy atom. The molecule has 176 valence electrons. The summed E-state index contributed by atoms with van der Waals surface area (Å²) in [6, 6.07) is 20.9. The molecular weight excluding hydrogens is 408 g/mol. The van der Waals surface area contributed by atoms with Gasteiger partial charge in [-0.05, 0) is 11.1 Å². The molecule has 0 unspecified atom stereocenters. The first kappa shape index (κ1) is 24.8. The smallest absolute Gasteiger partial charge is 0.0996 e. The van der Waals surface area contributed by atoms with Crippen LogP contribution in [-0.2, 0) is 41.3 Å². The van der Waals surface area contributed by atoms with Crippen LogP contribution < -0.4 is 0 Å². The number of hydrogen-bond donors (Lipinski definition) is 0. The lowest BCUT2D eigenvalue weighted by atomic mass is 9.88. The van der Waals surface area contributed by atoms with Crippen molar-refractivity contribution in [2.24, 2.45) is 0 Å². The SMILES string of the molecule is c1ccc(CC2(Cc3ccccc3)COCCOCCOCCOCCOCCO2)cc1. The van der Waals surface area contributed by atoms with Crippen LogP contribution in [-0.4, -0.2) is 78.3 Å². The van der Waals surface area contributed by atoms with Crippen LogP contribution in [0.5, 0.6) is 0 Å². The molecule has 2 aromatic rings. The maximum atomic E-state index is 6.53. The van der Waals surface area contributed by atoms with E-state index in [1.807, 2.05) is 12.1 Å². The molecule has 6 nitrogen and oxygen atoms in total. The third-order valence-electron chi connectivity index (χ3n) is 5.23. The molecule has 3 rings (SSSR count). The quantitative estimate of drug-likeness (QED) is 0.721. The first-order valence-corrected chi connectivity index (χ1v) is 11.5. The minimum atomic E-state index is -0.503. The van der Waals surface area contributed by atoms with Crippen molar-refractivity contribution in [2.45, 2.75) is 18.4 Å². The van der Waals surface area contributed by atoms with E-state index in [1.165, 1.54) is 11.1 Å². The van der Waals surface area contributed by atoms with Gasteiger partial charge in [-0.15, -0.1) is 0 Å². The van der Waals surface area contributed by atoms with Crippen LogP contribution >= 0.6 is 0 Å². The summed E-state index contributed by atoms with van der Waals surface area (Å²) in [5, 5.41) is 0. The standard InChI is InChI=1S/C26H36O6/c1-3-7-24(8-4-1)21-26(22-25-9-5-2-6-10-25)23-31-18-17-29-14-13-27-11-12-28-15-16-30-19-20-32-26/h1-10H,11-23H2. The molecule has 0 aliphatic carbocycles. The molecule has 0 N–H and O–H groups in total. The molecule has 1 aliphatic heterocycles. The van der Waals surface area contributed by atoms with E-state index >= 15 is 0 Å². The van der Waals surface area contributed by atoms with Gasteiger partial charge in [-0.2, -0.15) is 0 Å². The largest absolute Gasteiger partial charge is 0.377 e. The second kappa shape index (κ2) is 15.1. The highest BCUT2D eigenvalue weighted by molar-refractivity contribution is 5.22. The van der Waals surface area contributed by atoms with Gasteiger partial charge in [-0.3, -0.25) is 0 Å². The molecule has 0 amide bonds. The van der Waals surface area contributed by atoms with E-state index in [1.54, 1.807) is 0 Å².